The van der Waals surface area contributed by atoms with Crippen molar-refractivity contribution < 1.29 is 14.0 Å². The Morgan fingerprint density at radius 2 is 1.54 bits per heavy atom. The highest BCUT2D eigenvalue weighted by Gasteiger charge is 2.58. The van der Waals surface area contributed by atoms with E-state index < -0.39 is 8.32 Å². The number of esters is 1. The van der Waals surface area contributed by atoms with Crippen molar-refractivity contribution in [3.8, 4) is 0 Å². The first kappa shape index (κ1) is 18.9. The van der Waals surface area contributed by atoms with Gasteiger partial charge < -0.3 is 9.16 Å². The SMILES string of the molecule is COC(=O)C[C@H]1[C@H](C)[C@@H](C(C)C)O[Si]1(c1ccccc1)c1ccccc1. The molecule has 3 atom stereocenters. The average Bonchev–Trinajstić information content (AvgIpc) is 2.97. The molecule has 1 aliphatic heterocycles. The first-order valence-corrected chi connectivity index (χ1v) is 11.3. The molecular weight excluding hydrogens is 340 g/mol. The molecule has 1 fully saturated rings. The fraction of sp³-hybridized carbons (Fsp3) is 0.409. The highest BCUT2D eigenvalue weighted by molar-refractivity contribution is 6.99. The van der Waals surface area contributed by atoms with Crippen LogP contribution >= 0.6 is 0 Å². The number of hydrogen-bond donors (Lipinski definition) is 0. The molecule has 0 unspecified atom stereocenters. The Morgan fingerprint density at radius 1 is 1.04 bits per heavy atom. The Kier molecular flexibility index (Phi) is 5.63. The first-order chi connectivity index (χ1) is 12.5. The maximum absolute atomic E-state index is 12.3. The summed E-state index contributed by atoms with van der Waals surface area (Å²) >= 11 is 0. The summed E-state index contributed by atoms with van der Waals surface area (Å²) in [6.45, 7) is 6.65. The van der Waals surface area contributed by atoms with Gasteiger partial charge in [0.05, 0.1) is 13.2 Å². The van der Waals surface area contributed by atoms with E-state index in [0.717, 1.165) is 0 Å². The summed E-state index contributed by atoms with van der Waals surface area (Å²) in [4.78, 5) is 12.3. The van der Waals surface area contributed by atoms with Gasteiger partial charge in [0.25, 0.3) is 8.32 Å². The highest BCUT2D eigenvalue weighted by atomic mass is 28.4. The summed E-state index contributed by atoms with van der Waals surface area (Å²) in [6.07, 6.45) is 0.536. The van der Waals surface area contributed by atoms with Crippen molar-refractivity contribution in [2.45, 2.75) is 38.8 Å². The second-order valence-electron chi connectivity index (χ2n) is 7.54. The summed E-state index contributed by atoms with van der Waals surface area (Å²) in [5, 5.41) is 2.46. The number of methoxy groups -OCH3 is 1. The van der Waals surface area contributed by atoms with Gasteiger partial charge in [0.2, 0.25) is 0 Å². The fourth-order valence-electron chi connectivity index (χ4n) is 4.45. The molecule has 0 radical (unpaired) electrons. The van der Waals surface area contributed by atoms with Crippen LogP contribution in [0.3, 0.4) is 0 Å². The van der Waals surface area contributed by atoms with Gasteiger partial charge >= 0.3 is 5.97 Å². The summed E-state index contributed by atoms with van der Waals surface area (Å²) in [7, 11) is -1.11. The maximum Gasteiger partial charge on any atom is 0.305 e. The average molecular weight is 369 g/mol. The highest BCUT2D eigenvalue weighted by Crippen LogP contribution is 2.46. The molecular formula is C22H28O3Si. The van der Waals surface area contributed by atoms with Crippen LogP contribution in [0.2, 0.25) is 5.54 Å². The zero-order chi connectivity index (χ0) is 18.7. The van der Waals surface area contributed by atoms with E-state index in [1.165, 1.54) is 17.5 Å². The second-order valence-corrected chi connectivity index (χ2v) is 11.1. The molecule has 0 bridgehead atoms. The van der Waals surface area contributed by atoms with Gasteiger partial charge in [-0.05, 0) is 22.2 Å². The minimum atomic E-state index is -2.58. The first-order valence-electron chi connectivity index (χ1n) is 9.36. The molecule has 26 heavy (non-hydrogen) atoms. The van der Waals surface area contributed by atoms with Crippen LogP contribution < -0.4 is 10.4 Å². The van der Waals surface area contributed by atoms with Crippen molar-refractivity contribution in [1.82, 2.24) is 0 Å². The Balaban J connectivity index is 2.20. The molecule has 0 amide bonds. The minimum Gasteiger partial charge on any atom is -0.469 e. The van der Waals surface area contributed by atoms with Gasteiger partial charge in [-0.1, -0.05) is 81.4 Å². The quantitative estimate of drug-likeness (QED) is 0.600. The fourth-order valence-corrected chi connectivity index (χ4v) is 9.76. The van der Waals surface area contributed by atoms with Crippen molar-refractivity contribution in [2.24, 2.45) is 11.8 Å². The van der Waals surface area contributed by atoms with Crippen LogP contribution in [0, 0.1) is 11.8 Å². The van der Waals surface area contributed by atoms with E-state index in [9.17, 15) is 4.79 Å². The van der Waals surface area contributed by atoms with Gasteiger partial charge in [-0.15, -0.1) is 0 Å². The minimum absolute atomic E-state index is 0.136. The third-order valence-electron chi connectivity index (χ3n) is 5.67. The molecule has 3 rings (SSSR count). The molecule has 138 valence electrons. The van der Waals surface area contributed by atoms with E-state index in [2.05, 4.69) is 69.3 Å². The van der Waals surface area contributed by atoms with Crippen molar-refractivity contribution in [3.05, 3.63) is 60.7 Å². The molecule has 2 aromatic rings. The number of carbonyl (C=O) groups is 1. The lowest BCUT2D eigenvalue weighted by Gasteiger charge is -2.33. The molecule has 3 nitrogen and oxygen atoms in total. The molecule has 2 aromatic carbocycles. The molecule has 1 aliphatic rings. The number of rotatable bonds is 5. The maximum atomic E-state index is 12.3. The van der Waals surface area contributed by atoms with Gasteiger partial charge in [0.15, 0.2) is 0 Å². The van der Waals surface area contributed by atoms with Crippen molar-refractivity contribution >= 4 is 24.7 Å². The van der Waals surface area contributed by atoms with Gasteiger partial charge in [-0.2, -0.15) is 0 Å². The van der Waals surface area contributed by atoms with Crippen molar-refractivity contribution in [2.75, 3.05) is 7.11 Å². The van der Waals surface area contributed by atoms with Crippen LogP contribution in [0.15, 0.2) is 60.7 Å². The Bertz CT molecular complexity index is 690. The number of benzene rings is 2. The van der Waals surface area contributed by atoms with Crippen LogP contribution in [0.1, 0.15) is 27.2 Å². The van der Waals surface area contributed by atoms with Gasteiger partial charge in [-0.25, -0.2) is 0 Å². The van der Waals surface area contributed by atoms with Gasteiger partial charge in [-0.3, -0.25) is 4.79 Å². The van der Waals surface area contributed by atoms with E-state index in [1.807, 2.05) is 12.1 Å². The topological polar surface area (TPSA) is 35.5 Å². The van der Waals surface area contributed by atoms with Crippen LogP contribution in [0.25, 0.3) is 0 Å². The lowest BCUT2D eigenvalue weighted by Crippen LogP contribution is -2.62. The zero-order valence-corrected chi connectivity index (χ0v) is 17.0. The van der Waals surface area contributed by atoms with Crippen LogP contribution in [0.4, 0.5) is 0 Å². The van der Waals surface area contributed by atoms with Crippen LogP contribution in [0.5, 0.6) is 0 Å². The molecule has 0 aromatic heterocycles. The summed E-state index contributed by atoms with van der Waals surface area (Å²) < 4.78 is 12.0. The molecule has 0 N–H and O–H groups in total. The predicted molar refractivity (Wildman–Crippen MR) is 107 cm³/mol. The van der Waals surface area contributed by atoms with E-state index in [0.29, 0.717) is 18.3 Å². The third kappa shape index (κ3) is 3.24. The van der Waals surface area contributed by atoms with E-state index >= 15 is 0 Å². The normalized spacial score (nSPS) is 24.6. The zero-order valence-electron chi connectivity index (χ0n) is 16.0. The Hall–Kier alpha value is -1.91. The number of carbonyl (C=O) groups excluding carboxylic acids is 1. The molecule has 1 heterocycles. The Morgan fingerprint density at radius 3 is 1.96 bits per heavy atom. The lowest BCUT2D eigenvalue weighted by molar-refractivity contribution is -0.140. The number of hydrogen-bond acceptors (Lipinski definition) is 3. The monoisotopic (exact) mass is 368 g/mol. The molecule has 1 saturated heterocycles. The largest absolute Gasteiger partial charge is 0.469 e. The second kappa shape index (κ2) is 7.76. The summed E-state index contributed by atoms with van der Waals surface area (Å²) in [5.41, 5.74) is 0.146. The van der Waals surface area contributed by atoms with Crippen LogP contribution in [-0.4, -0.2) is 27.5 Å². The summed E-state index contributed by atoms with van der Waals surface area (Å²) in [6, 6.07) is 21.0. The Labute approximate surface area is 157 Å². The van der Waals surface area contributed by atoms with Gasteiger partial charge in [0.1, 0.15) is 0 Å². The van der Waals surface area contributed by atoms with Crippen molar-refractivity contribution in [3.63, 3.8) is 0 Å². The molecule has 0 saturated carbocycles. The third-order valence-corrected chi connectivity index (χ3v) is 10.5. The number of ether oxygens (including phenoxy) is 1. The molecule has 0 aliphatic carbocycles. The van der Waals surface area contributed by atoms with Gasteiger partial charge in [0, 0.05) is 12.0 Å². The van der Waals surface area contributed by atoms with E-state index in [-0.39, 0.29) is 17.6 Å². The molecule has 4 heteroatoms. The van der Waals surface area contributed by atoms with E-state index in [1.54, 1.807) is 0 Å². The standard InChI is InChI=1S/C22H28O3Si/c1-16(2)22-17(3)20(15-21(23)24-4)26(25-22,18-11-7-5-8-12-18)19-13-9-6-10-14-19/h5-14,16-17,20,22H,15H2,1-4H3/t17-,20-,22+/m0/s1. The van der Waals surface area contributed by atoms with Crippen LogP contribution in [-0.2, 0) is 14.0 Å². The molecule has 0 spiro atoms. The lowest BCUT2D eigenvalue weighted by atomic mass is 9.91. The van der Waals surface area contributed by atoms with Crippen molar-refractivity contribution in [1.29, 1.82) is 0 Å². The smallest absolute Gasteiger partial charge is 0.305 e. The van der Waals surface area contributed by atoms with E-state index in [4.69, 9.17) is 9.16 Å². The summed E-state index contributed by atoms with van der Waals surface area (Å²) in [5.74, 6) is 0.534. The predicted octanol–water partition coefficient (Wildman–Crippen LogP) is 3.37.